The molecule has 4 heterocycles. The van der Waals surface area contributed by atoms with E-state index in [9.17, 15) is 4.79 Å². The van der Waals surface area contributed by atoms with Gasteiger partial charge in [-0.3, -0.25) is 14.7 Å². The Balaban J connectivity index is 1.37. The van der Waals surface area contributed by atoms with E-state index in [-0.39, 0.29) is 11.8 Å². The van der Waals surface area contributed by atoms with E-state index in [1.165, 1.54) is 0 Å². The van der Waals surface area contributed by atoms with E-state index in [2.05, 4.69) is 20.0 Å². The molecule has 0 unspecified atom stereocenters. The van der Waals surface area contributed by atoms with Gasteiger partial charge in [-0.2, -0.15) is 4.98 Å². The lowest BCUT2D eigenvalue weighted by atomic mass is 10.1. The van der Waals surface area contributed by atoms with Gasteiger partial charge in [0.2, 0.25) is 11.8 Å². The smallest absolute Gasteiger partial charge is 0.232 e. The van der Waals surface area contributed by atoms with E-state index in [1.807, 2.05) is 17.0 Å². The quantitative estimate of drug-likeness (QED) is 0.794. The van der Waals surface area contributed by atoms with Crippen molar-refractivity contribution in [1.82, 2.24) is 24.9 Å². The molecule has 0 bridgehead atoms. The average Bonchev–Trinajstić information content (AvgIpc) is 3.24. The number of morpholine rings is 1. The first-order valence-electron chi connectivity index (χ1n) is 8.57. The third kappa shape index (κ3) is 3.85. The Morgan fingerprint density at radius 2 is 1.96 bits per heavy atom. The Labute approximate surface area is 145 Å². The maximum atomic E-state index is 12.3. The summed E-state index contributed by atoms with van der Waals surface area (Å²) in [5.74, 6) is 1.33. The fraction of sp³-hybridized carbons (Fsp3) is 0.529. The zero-order valence-electron chi connectivity index (χ0n) is 14.0. The van der Waals surface area contributed by atoms with Crippen molar-refractivity contribution >= 4 is 5.91 Å². The number of aromatic nitrogens is 3. The van der Waals surface area contributed by atoms with E-state index in [0.717, 1.165) is 31.9 Å². The van der Waals surface area contributed by atoms with E-state index < -0.39 is 0 Å². The molecule has 2 aromatic rings. The van der Waals surface area contributed by atoms with Gasteiger partial charge in [0.05, 0.1) is 25.7 Å². The normalized spacial score (nSPS) is 21.8. The predicted octanol–water partition coefficient (Wildman–Crippen LogP) is 0.813. The minimum Gasteiger partial charge on any atom is -0.379 e. The zero-order chi connectivity index (χ0) is 17.1. The van der Waals surface area contributed by atoms with Gasteiger partial charge in [0.1, 0.15) is 0 Å². The minimum atomic E-state index is -0.0275. The summed E-state index contributed by atoms with van der Waals surface area (Å²) in [5.41, 5.74) is 1.07. The highest BCUT2D eigenvalue weighted by atomic mass is 16.5. The van der Waals surface area contributed by atoms with Gasteiger partial charge >= 0.3 is 0 Å². The van der Waals surface area contributed by atoms with Crippen LogP contribution in [0.25, 0.3) is 0 Å². The van der Waals surface area contributed by atoms with Crippen LogP contribution in [0.4, 0.5) is 0 Å². The molecule has 2 aromatic heterocycles. The second-order valence-corrected chi connectivity index (χ2v) is 6.47. The first kappa shape index (κ1) is 16.2. The topological polar surface area (TPSA) is 84.6 Å². The van der Waals surface area contributed by atoms with E-state index in [4.69, 9.17) is 9.26 Å². The lowest BCUT2D eigenvalue weighted by Gasteiger charge is -2.24. The maximum absolute atomic E-state index is 12.3. The lowest BCUT2D eigenvalue weighted by Crippen LogP contribution is -2.35. The molecular weight excluding hydrogens is 322 g/mol. The number of amides is 1. The number of carbonyl (C=O) groups excluding carboxylic acids is 1. The fourth-order valence-corrected chi connectivity index (χ4v) is 3.26. The third-order valence-corrected chi connectivity index (χ3v) is 4.64. The van der Waals surface area contributed by atoms with Gasteiger partial charge in [-0.25, -0.2) is 0 Å². The summed E-state index contributed by atoms with van der Waals surface area (Å²) < 4.78 is 10.8. The van der Waals surface area contributed by atoms with E-state index in [1.54, 1.807) is 12.4 Å². The van der Waals surface area contributed by atoms with E-state index in [0.29, 0.717) is 37.8 Å². The molecule has 0 spiro atoms. The Morgan fingerprint density at radius 3 is 2.76 bits per heavy atom. The second kappa shape index (κ2) is 7.28. The first-order chi connectivity index (χ1) is 12.3. The summed E-state index contributed by atoms with van der Waals surface area (Å²) >= 11 is 0. The van der Waals surface area contributed by atoms with Crippen molar-refractivity contribution in [2.75, 3.05) is 32.8 Å². The Bertz CT molecular complexity index is 714. The van der Waals surface area contributed by atoms with Crippen LogP contribution in [0.2, 0.25) is 0 Å². The molecule has 2 fully saturated rings. The summed E-state index contributed by atoms with van der Waals surface area (Å²) in [6, 6.07) is 3.85. The van der Waals surface area contributed by atoms with Crippen LogP contribution < -0.4 is 0 Å². The SMILES string of the molecule is O=C1C[C@H](c2nc(CN3CCOCC3)no2)CN1Cc1ccncc1. The number of rotatable bonds is 5. The highest BCUT2D eigenvalue weighted by Crippen LogP contribution is 2.28. The van der Waals surface area contributed by atoms with Crippen LogP contribution in [0.1, 0.15) is 29.6 Å². The van der Waals surface area contributed by atoms with Crippen LogP contribution in [0, 0.1) is 0 Å². The molecule has 0 saturated carbocycles. The third-order valence-electron chi connectivity index (χ3n) is 4.64. The molecule has 8 heteroatoms. The van der Waals surface area contributed by atoms with Gasteiger partial charge in [-0.05, 0) is 17.7 Å². The molecule has 0 N–H and O–H groups in total. The maximum Gasteiger partial charge on any atom is 0.232 e. The molecule has 25 heavy (non-hydrogen) atoms. The summed E-state index contributed by atoms with van der Waals surface area (Å²) in [6.45, 7) is 5.11. The average molecular weight is 343 g/mol. The predicted molar refractivity (Wildman–Crippen MR) is 87.4 cm³/mol. The minimum absolute atomic E-state index is 0.0275. The lowest BCUT2D eigenvalue weighted by molar-refractivity contribution is -0.128. The van der Waals surface area contributed by atoms with Crippen molar-refractivity contribution in [3.05, 3.63) is 41.8 Å². The van der Waals surface area contributed by atoms with Crippen molar-refractivity contribution in [3.8, 4) is 0 Å². The highest BCUT2D eigenvalue weighted by Gasteiger charge is 2.34. The molecule has 8 nitrogen and oxygen atoms in total. The highest BCUT2D eigenvalue weighted by molar-refractivity contribution is 5.79. The van der Waals surface area contributed by atoms with Crippen LogP contribution in [0.3, 0.4) is 0 Å². The Morgan fingerprint density at radius 1 is 1.16 bits per heavy atom. The second-order valence-electron chi connectivity index (χ2n) is 6.47. The summed E-state index contributed by atoms with van der Waals surface area (Å²) in [6.07, 6.45) is 3.90. The van der Waals surface area contributed by atoms with Crippen molar-refractivity contribution in [2.24, 2.45) is 0 Å². The largest absolute Gasteiger partial charge is 0.379 e. The van der Waals surface area contributed by atoms with Gasteiger partial charge in [-0.15, -0.1) is 0 Å². The number of carbonyl (C=O) groups is 1. The monoisotopic (exact) mass is 343 g/mol. The van der Waals surface area contributed by atoms with Crippen molar-refractivity contribution in [1.29, 1.82) is 0 Å². The number of pyridine rings is 1. The number of hydrogen-bond donors (Lipinski definition) is 0. The van der Waals surface area contributed by atoms with Gasteiger partial charge in [0.15, 0.2) is 5.82 Å². The van der Waals surface area contributed by atoms with Gasteiger partial charge in [0.25, 0.3) is 0 Å². The van der Waals surface area contributed by atoms with Crippen LogP contribution in [0.15, 0.2) is 29.0 Å². The molecular formula is C17H21N5O3. The molecule has 1 atom stereocenters. The summed E-state index contributed by atoms with van der Waals surface area (Å²) in [4.78, 5) is 24.9. The van der Waals surface area contributed by atoms with Crippen LogP contribution in [-0.4, -0.2) is 63.7 Å². The zero-order valence-corrected chi connectivity index (χ0v) is 14.0. The molecule has 1 amide bonds. The summed E-state index contributed by atoms with van der Waals surface area (Å²) in [7, 11) is 0. The Hall–Kier alpha value is -2.32. The fourth-order valence-electron chi connectivity index (χ4n) is 3.26. The first-order valence-corrected chi connectivity index (χ1v) is 8.57. The number of likely N-dealkylation sites (tertiary alicyclic amines) is 1. The van der Waals surface area contributed by atoms with Gasteiger partial charge < -0.3 is 14.2 Å². The molecule has 2 saturated heterocycles. The van der Waals surface area contributed by atoms with E-state index >= 15 is 0 Å². The standard InChI is InChI=1S/C17H21N5O3/c23-16-9-14(11-22(16)10-13-1-3-18-4-2-13)17-19-15(20-25-17)12-21-5-7-24-8-6-21/h1-4,14H,5-12H2/t14-/m0/s1. The molecule has 4 rings (SSSR count). The molecule has 0 aromatic carbocycles. The van der Waals surface area contributed by atoms with Crippen molar-refractivity contribution in [2.45, 2.75) is 25.4 Å². The molecule has 0 aliphatic carbocycles. The van der Waals surface area contributed by atoms with Crippen LogP contribution >= 0.6 is 0 Å². The van der Waals surface area contributed by atoms with Crippen LogP contribution in [0.5, 0.6) is 0 Å². The molecule has 132 valence electrons. The number of hydrogen-bond acceptors (Lipinski definition) is 7. The number of nitrogens with zero attached hydrogens (tertiary/aromatic N) is 5. The summed E-state index contributed by atoms with van der Waals surface area (Å²) in [5, 5.41) is 4.08. The number of ether oxygens (including phenoxy) is 1. The van der Waals surface area contributed by atoms with Gasteiger partial charge in [-0.1, -0.05) is 5.16 Å². The van der Waals surface area contributed by atoms with Crippen LogP contribution in [-0.2, 0) is 22.6 Å². The van der Waals surface area contributed by atoms with Crippen molar-refractivity contribution < 1.29 is 14.1 Å². The molecule has 2 aliphatic rings. The Kier molecular flexibility index (Phi) is 4.71. The van der Waals surface area contributed by atoms with Crippen molar-refractivity contribution in [3.63, 3.8) is 0 Å². The molecule has 2 aliphatic heterocycles. The molecule has 0 radical (unpaired) electrons. The van der Waals surface area contributed by atoms with Gasteiger partial charge in [0, 0.05) is 45.0 Å².